The van der Waals surface area contributed by atoms with Crippen LogP contribution >= 0.6 is 11.6 Å². The Labute approximate surface area is 136 Å². The van der Waals surface area contributed by atoms with E-state index in [9.17, 15) is 9.70 Å². The third-order valence-corrected chi connectivity index (χ3v) is 4.42. The molecule has 0 fully saturated rings. The third-order valence-electron chi connectivity index (χ3n) is 4.19. The van der Waals surface area contributed by atoms with Crippen molar-refractivity contribution in [3.05, 3.63) is 33.7 Å². The number of hydrogen-bond donors (Lipinski definition) is 0. The molecule has 22 heavy (non-hydrogen) atoms. The molecule has 1 amide bonds. The Morgan fingerprint density at radius 2 is 2.09 bits per heavy atom. The highest BCUT2D eigenvalue weighted by Crippen LogP contribution is 2.38. The molecule has 4 nitrogen and oxygen atoms in total. The summed E-state index contributed by atoms with van der Waals surface area (Å²) in [7, 11) is 0. The van der Waals surface area contributed by atoms with Crippen molar-refractivity contribution in [1.29, 1.82) is 0 Å². The van der Waals surface area contributed by atoms with Crippen LogP contribution in [0, 0.1) is 4.91 Å². The van der Waals surface area contributed by atoms with E-state index in [0.717, 1.165) is 24.1 Å². The fourth-order valence-corrected chi connectivity index (χ4v) is 3.13. The zero-order valence-electron chi connectivity index (χ0n) is 13.1. The summed E-state index contributed by atoms with van der Waals surface area (Å²) < 4.78 is 0. The zero-order valence-corrected chi connectivity index (χ0v) is 13.8. The van der Waals surface area contributed by atoms with Crippen molar-refractivity contribution in [2.45, 2.75) is 57.9 Å². The first-order chi connectivity index (χ1) is 10.7. The van der Waals surface area contributed by atoms with Gasteiger partial charge < -0.3 is 4.90 Å². The normalized spacial score (nSPS) is 17.2. The summed E-state index contributed by atoms with van der Waals surface area (Å²) in [5.74, 6) is 0.129. The quantitative estimate of drug-likeness (QED) is 0.509. The Morgan fingerprint density at radius 3 is 2.82 bits per heavy atom. The molecule has 0 spiro atoms. The molecule has 0 aromatic heterocycles. The van der Waals surface area contributed by atoms with Crippen LogP contribution in [0.4, 0.5) is 5.69 Å². The lowest BCUT2D eigenvalue weighted by atomic mass is 9.96. The molecule has 1 atom stereocenters. The molecule has 1 aromatic rings. The van der Waals surface area contributed by atoms with E-state index in [0.29, 0.717) is 24.4 Å². The average molecular weight is 323 g/mol. The van der Waals surface area contributed by atoms with Crippen molar-refractivity contribution < 1.29 is 4.79 Å². The predicted molar refractivity (Wildman–Crippen MR) is 90.3 cm³/mol. The maximum atomic E-state index is 12.5. The number of anilines is 1. The van der Waals surface area contributed by atoms with Crippen molar-refractivity contribution in [3.8, 4) is 0 Å². The number of amides is 1. The highest BCUT2D eigenvalue weighted by Gasteiger charge is 2.29. The Bertz CT molecular complexity index is 533. The molecule has 2 rings (SSSR count). The molecular formula is C17H23ClN2O2. The molecule has 120 valence electrons. The Morgan fingerprint density at radius 1 is 1.32 bits per heavy atom. The van der Waals surface area contributed by atoms with E-state index >= 15 is 0 Å². The van der Waals surface area contributed by atoms with E-state index in [1.54, 1.807) is 17.0 Å². The molecule has 1 aliphatic rings. The van der Waals surface area contributed by atoms with Gasteiger partial charge in [-0.2, -0.15) is 4.91 Å². The van der Waals surface area contributed by atoms with Gasteiger partial charge in [0.15, 0.2) is 0 Å². The lowest BCUT2D eigenvalue weighted by Gasteiger charge is -2.32. The van der Waals surface area contributed by atoms with Crippen molar-refractivity contribution in [3.63, 3.8) is 0 Å². The van der Waals surface area contributed by atoms with E-state index in [1.165, 1.54) is 19.3 Å². The standard InChI is InChI=1S/C17H23ClN2O2/c1-2-3-4-5-6-7-17(21)20-11-10-15(19-22)14-12-13(18)8-9-16(14)20/h8-9,12,15H,2-7,10-11H2,1H3. The topological polar surface area (TPSA) is 49.7 Å². The fourth-order valence-electron chi connectivity index (χ4n) is 2.95. The number of carbonyl (C=O) groups excluding carboxylic acids is 1. The number of nitroso groups, excluding NO2 is 1. The Kier molecular flexibility index (Phi) is 6.37. The Hall–Kier alpha value is -1.42. The number of fused-ring (bicyclic) bond motifs is 1. The average Bonchev–Trinajstić information content (AvgIpc) is 2.53. The number of unbranched alkanes of at least 4 members (excludes halogenated alkanes) is 4. The maximum absolute atomic E-state index is 12.5. The molecule has 0 radical (unpaired) electrons. The molecule has 1 unspecified atom stereocenters. The molecule has 1 aromatic carbocycles. The summed E-state index contributed by atoms with van der Waals surface area (Å²) in [6.07, 6.45) is 6.77. The van der Waals surface area contributed by atoms with Crippen LogP contribution in [0.25, 0.3) is 0 Å². The van der Waals surface area contributed by atoms with Crippen molar-refractivity contribution in [2.75, 3.05) is 11.4 Å². The maximum Gasteiger partial charge on any atom is 0.226 e. The second-order valence-corrected chi connectivity index (χ2v) is 6.26. The van der Waals surface area contributed by atoms with E-state index in [2.05, 4.69) is 12.1 Å². The molecule has 0 saturated carbocycles. The fraction of sp³-hybridized carbons (Fsp3) is 0.588. The lowest BCUT2D eigenvalue weighted by molar-refractivity contribution is -0.118. The van der Waals surface area contributed by atoms with Crippen molar-refractivity contribution >= 4 is 23.2 Å². The van der Waals surface area contributed by atoms with Gasteiger partial charge in [-0.25, -0.2) is 0 Å². The lowest BCUT2D eigenvalue weighted by Crippen LogP contribution is -2.36. The number of carbonyl (C=O) groups is 1. The summed E-state index contributed by atoms with van der Waals surface area (Å²) in [6, 6.07) is 4.94. The Balaban J connectivity index is 2.03. The summed E-state index contributed by atoms with van der Waals surface area (Å²) in [5, 5.41) is 3.74. The predicted octanol–water partition coefficient (Wildman–Crippen LogP) is 5.24. The number of hydrogen-bond acceptors (Lipinski definition) is 3. The minimum absolute atomic E-state index is 0.129. The number of benzene rings is 1. The highest BCUT2D eigenvalue weighted by molar-refractivity contribution is 6.30. The van der Waals surface area contributed by atoms with Gasteiger partial charge in [0.05, 0.1) is 0 Å². The van der Waals surface area contributed by atoms with Crippen molar-refractivity contribution in [2.24, 2.45) is 5.18 Å². The monoisotopic (exact) mass is 322 g/mol. The van der Waals surface area contributed by atoms with Gasteiger partial charge in [0.25, 0.3) is 0 Å². The summed E-state index contributed by atoms with van der Waals surface area (Å²) in [5.41, 5.74) is 1.56. The molecule has 1 aliphatic heterocycles. The molecule has 0 aliphatic carbocycles. The minimum Gasteiger partial charge on any atom is -0.312 e. The molecule has 0 saturated heterocycles. The van der Waals surface area contributed by atoms with Gasteiger partial charge >= 0.3 is 0 Å². The van der Waals surface area contributed by atoms with Gasteiger partial charge in [0.2, 0.25) is 5.91 Å². The van der Waals surface area contributed by atoms with Crippen LogP contribution in [0.1, 0.15) is 63.5 Å². The minimum atomic E-state index is -0.401. The van der Waals surface area contributed by atoms with Gasteiger partial charge in [0, 0.05) is 29.2 Å². The van der Waals surface area contributed by atoms with E-state index < -0.39 is 6.04 Å². The molecule has 0 bridgehead atoms. The van der Waals surface area contributed by atoms with Crippen LogP contribution < -0.4 is 4.90 Å². The van der Waals surface area contributed by atoms with Crippen LogP contribution in [-0.2, 0) is 4.79 Å². The van der Waals surface area contributed by atoms with Gasteiger partial charge in [-0.3, -0.25) is 4.79 Å². The molecule has 0 N–H and O–H groups in total. The van der Waals surface area contributed by atoms with Gasteiger partial charge in [-0.15, -0.1) is 0 Å². The zero-order chi connectivity index (χ0) is 15.9. The van der Waals surface area contributed by atoms with E-state index in [1.807, 2.05) is 6.07 Å². The first-order valence-electron chi connectivity index (χ1n) is 8.09. The van der Waals surface area contributed by atoms with Crippen LogP contribution in [0.15, 0.2) is 23.4 Å². The largest absolute Gasteiger partial charge is 0.312 e. The van der Waals surface area contributed by atoms with Crippen LogP contribution in [0.3, 0.4) is 0 Å². The number of nitrogens with zero attached hydrogens (tertiary/aromatic N) is 2. The van der Waals surface area contributed by atoms with E-state index in [4.69, 9.17) is 11.6 Å². The summed E-state index contributed by atoms with van der Waals surface area (Å²) >= 11 is 6.01. The summed E-state index contributed by atoms with van der Waals surface area (Å²) in [6.45, 7) is 2.73. The van der Waals surface area contributed by atoms with Crippen LogP contribution in [0.2, 0.25) is 5.02 Å². The molecule has 5 heteroatoms. The smallest absolute Gasteiger partial charge is 0.226 e. The SMILES string of the molecule is CCCCCCCC(=O)N1CCC(N=O)c2cc(Cl)ccc21. The molecular weight excluding hydrogens is 300 g/mol. The van der Waals surface area contributed by atoms with Crippen LogP contribution in [0.5, 0.6) is 0 Å². The van der Waals surface area contributed by atoms with Gasteiger partial charge in [0.1, 0.15) is 6.04 Å². The van der Waals surface area contributed by atoms with Crippen molar-refractivity contribution in [1.82, 2.24) is 0 Å². The first-order valence-corrected chi connectivity index (χ1v) is 8.47. The highest BCUT2D eigenvalue weighted by atomic mass is 35.5. The van der Waals surface area contributed by atoms with E-state index in [-0.39, 0.29) is 5.91 Å². The summed E-state index contributed by atoms with van der Waals surface area (Å²) in [4.78, 5) is 25.2. The second kappa shape index (κ2) is 8.28. The van der Waals surface area contributed by atoms with Gasteiger partial charge in [-0.05, 0) is 31.0 Å². The second-order valence-electron chi connectivity index (χ2n) is 5.82. The van der Waals surface area contributed by atoms with Gasteiger partial charge in [-0.1, -0.05) is 49.4 Å². The molecule has 1 heterocycles. The number of halogens is 1. The van der Waals surface area contributed by atoms with Crippen LogP contribution in [-0.4, -0.2) is 12.5 Å². The third kappa shape index (κ3) is 4.07. The number of rotatable bonds is 7. The first kappa shape index (κ1) is 16.9.